The molecule has 1 aromatic heterocycles. The molecule has 0 radical (unpaired) electrons. The van der Waals surface area contributed by atoms with Gasteiger partial charge in [0.15, 0.2) is 0 Å². The van der Waals surface area contributed by atoms with E-state index in [1.807, 2.05) is 62.9 Å². The molecule has 150 valence electrons. The quantitative estimate of drug-likeness (QED) is 0.873. The number of carbonyl (C=O) groups is 1. The maximum absolute atomic E-state index is 12.4. The molecule has 2 N–H and O–H groups in total. The third-order valence-corrected chi connectivity index (χ3v) is 5.61. The second-order valence-corrected chi connectivity index (χ2v) is 8.82. The molecule has 1 amide bonds. The topological polar surface area (TPSA) is 82.6 Å². The summed E-state index contributed by atoms with van der Waals surface area (Å²) < 4.78 is 13.4. The Morgan fingerprint density at radius 2 is 1.93 bits per heavy atom. The van der Waals surface area contributed by atoms with E-state index in [1.54, 1.807) is 4.68 Å². The summed E-state index contributed by atoms with van der Waals surface area (Å²) in [7, 11) is 0. The molecule has 2 aromatic rings. The molecule has 0 bridgehead atoms. The molecule has 0 atom stereocenters. The zero-order valence-corrected chi connectivity index (χ0v) is 16.9. The molecule has 1 saturated heterocycles. The van der Waals surface area contributed by atoms with Crippen LogP contribution in [0.15, 0.2) is 30.3 Å². The minimum Gasteiger partial charge on any atom is -0.473 e. The molecule has 7 nitrogen and oxygen atoms in total. The number of rotatable bonds is 3. The summed E-state index contributed by atoms with van der Waals surface area (Å²) in [5, 5.41) is 4.56. The highest BCUT2D eigenvalue weighted by atomic mass is 16.6. The Hall–Kier alpha value is -2.70. The van der Waals surface area contributed by atoms with Crippen LogP contribution in [0.25, 0.3) is 5.69 Å². The molecule has 1 aliphatic carbocycles. The number of hydrogen-bond acceptors (Lipinski definition) is 5. The number of carbonyl (C=O) groups excluding carboxylic acids is 1. The van der Waals surface area contributed by atoms with Crippen molar-refractivity contribution in [2.45, 2.75) is 64.2 Å². The van der Waals surface area contributed by atoms with Gasteiger partial charge in [-0.15, -0.1) is 5.10 Å². The van der Waals surface area contributed by atoms with Crippen LogP contribution in [0.2, 0.25) is 0 Å². The third-order valence-electron chi connectivity index (χ3n) is 5.61. The van der Waals surface area contributed by atoms with Crippen molar-refractivity contribution >= 4 is 11.9 Å². The van der Waals surface area contributed by atoms with Gasteiger partial charge in [0.25, 0.3) is 0 Å². The molecule has 28 heavy (non-hydrogen) atoms. The van der Waals surface area contributed by atoms with Crippen LogP contribution in [0.1, 0.15) is 45.6 Å². The van der Waals surface area contributed by atoms with Crippen LogP contribution in [-0.4, -0.2) is 44.6 Å². The average molecular weight is 384 g/mol. The van der Waals surface area contributed by atoms with Crippen molar-refractivity contribution in [3.8, 4) is 11.6 Å². The fraction of sp³-hybridized carbons (Fsp3) is 0.524. The van der Waals surface area contributed by atoms with Gasteiger partial charge in [0, 0.05) is 19.4 Å². The molecule has 4 rings (SSSR count). The normalized spacial score (nSPS) is 23.9. The Labute approximate surface area is 165 Å². The number of benzene rings is 1. The fourth-order valence-corrected chi connectivity index (χ4v) is 3.96. The highest BCUT2D eigenvalue weighted by Gasteiger charge is 2.58. The lowest BCUT2D eigenvalue weighted by atomic mass is 9.66. The fourth-order valence-electron chi connectivity index (χ4n) is 3.96. The van der Waals surface area contributed by atoms with Crippen molar-refractivity contribution in [2.24, 2.45) is 0 Å². The monoisotopic (exact) mass is 384 g/mol. The highest BCUT2D eigenvalue weighted by Crippen LogP contribution is 2.49. The maximum atomic E-state index is 12.4. The molecule has 1 saturated carbocycles. The van der Waals surface area contributed by atoms with E-state index >= 15 is 0 Å². The third kappa shape index (κ3) is 3.19. The molecule has 7 heteroatoms. The number of aromatic nitrogens is 2. The summed E-state index contributed by atoms with van der Waals surface area (Å²) in [4.78, 5) is 14.3. The number of nitrogens with two attached hydrogens (primary N) is 1. The number of amides is 1. The lowest BCUT2D eigenvalue weighted by Crippen LogP contribution is -2.70. The van der Waals surface area contributed by atoms with Crippen molar-refractivity contribution < 1.29 is 14.3 Å². The number of nitrogen functional groups attached to an aromatic ring is 1. The Morgan fingerprint density at radius 3 is 2.50 bits per heavy atom. The van der Waals surface area contributed by atoms with Gasteiger partial charge in [-0.2, -0.15) is 0 Å². The van der Waals surface area contributed by atoms with Crippen molar-refractivity contribution in [3.63, 3.8) is 0 Å². The summed E-state index contributed by atoms with van der Waals surface area (Å²) in [5.41, 5.74) is 7.37. The summed E-state index contributed by atoms with van der Waals surface area (Å²) >= 11 is 0. The zero-order chi connectivity index (χ0) is 20.1. The highest BCUT2D eigenvalue weighted by molar-refractivity contribution is 5.71. The first-order chi connectivity index (χ1) is 13.2. The van der Waals surface area contributed by atoms with E-state index < -0.39 is 5.60 Å². The van der Waals surface area contributed by atoms with Gasteiger partial charge in [-0.3, -0.25) is 0 Å². The molecular formula is C21H28N4O3. The van der Waals surface area contributed by atoms with Crippen LogP contribution in [0.5, 0.6) is 5.88 Å². The van der Waals surface area contributed by atoms with E-state index in [4.69, 9.17) is 15.2 Å². The Balaban J connectivity index is 1.41. The number of ether oxygens (including phenoxy) is 2. The summed E-state index contributed by atoms with van der Waals surface area (Å²) in [5.74, 6) is 1.14. The number of nitrogens with zero attached hydrogens (tertiary/aromatic N) is 3. The summed E-state index contributed by atoms with van der Waals surface area (Å²) in [6.07, 6.45) is 2.38. The number of likely N-dealkylation sites (tertiary alicyclic amines) is 1. The Bertz CT molecular complexity index is 879. The van der Waals surface area contributed by atoms with Crippen LogP contribution in [0.4, 0.5) is 10.6 Å². The second kappa shape index (κ2) is 6.43. The molecule has 2 aliphatic rings. The van der Waals surface area contributed by atoms with Gasteiger partial charge in [0.1, 0.15) is 17.5 Å². The first-order valence-corrected chi connectivity index (χ1v) is 9.76. The largest absolute Gasteiger partial charge is 0.473 e. The average Bonchev–Trinajstić information content (AvgIpc) is 2.84. The van der Waals surface area contributed by atoms with E-state index in [1.165, 1.54) is 0 Å². The zero-order valence-electron chi connectivity index (χ0n) is 16.9. The van der Waals surface area contributed by atoms with E-state index in [2.05, 4.69) is 5.10 Å². The van der Waals surface area contributed by atoms with Gasteiger partial charge < -0.3 is 20.1 Å². The first-order valence-electron chi connectivity index (χ1n) is 9.76. The minimum atomic E-state index is -0.480. The van der Waals surface area contributed by atoms with E-state index in [0.29, 0.717) is 11.7 Å². The van der Waals surface area contributed by atoms with Crippen molar-refractivity contribution in [1.29, 1.82) is 0 Å². The van der Waals surface area contributed by atoms with Crippen molar-refractivity contribution in [3.05, 3.63) is 35.9 Å². The Kier molecular flexibility index (Phi) is 4.28. The second-order valence-electron chi connectivity index (χ2n) is 8.82. The number of hydrogen-bond donors (Lipinski definition) is 1. The van der Waals surface area contributed by atoms with Crippen LogP contribution in [0.3, 0.4) is 0 Å². The van der Waals surface area contributed by atoms with Crippen molar-refractivity contribution in [1.82, 2.24) is 14.7 Å². The van der Waals surface area contributed by atoms with Gasteiger partial charge in [-0.05, 0) is 46.2 Å². The van der Waals surface area contributed by atoms with Crippen LogP contribution in [0, 0.1) is 6.92 Å². The van der Waals surface area contributed by atoms with Gasteiger partial charge in [0.2, 0.25) is 5.88 Å². The molecule has 2 fully saturated rings. The lowest BCUT2D eigenvalue weighted by Gasteiger charge is -2.60. The van der Waals surface area contributed by atoms with Gasteiger partial charge in [0.05, 0.1) is 16.8 Å². The standard InChI is InChI=1S/C21H28N4O3/c1-14-17(22)25(15-8-6-5-7-9-15)23-18(14)27-16-12-21(13-16)10-11-24(21)19(26)28-20(2,3)4/h5-9,16H,10-13,22H2,1-4H3. The molecule has 1 spiro atoms. The van der Waals surface area contributed by atoms with Crippen LogP contribution < -0.4 is 10.5 Å². The predicted octanol–water partition coefficient (Wildman–Crippen LogP) is 3.68. The number of anilines is 1. The lowest BCUT2D eigenvalue weighted by molar-refractivity contribution is -0.122. The van der Waals surface area contributed by atoms with Gasteiger partial charge in [-0.25, -0.2) is 9.48 Å². The van der Waals surface area contributed by atoms with Crippen LogP contribution in [-0.2, 0) is 4.74 Å². The number of para-hydroxylation sites is 1. The van der Waals surface area contributed by atoms with E-state index in [9.17, 15) is 4.79 Å². The molecule has 1 aromatic carbocycles. The first kappa shape index (κ1) is 18.7. The molecule has 0 unspecified atom stereocenters. The SMILES string of the molecule is Cc1c(OC2CC3(CCN3C(=O)OC(C)(C)C)C2)nn(-c2ccccc2)c1N. The summed E-state index contributed by atoms with van der Waals surface area (Å²) in [6.45, 7) is 8.33. The Morgan fingerprint density at radius 1 is 1.25 bits per heavy atom. The van der Waals surface area contributed by atoms with Crippen molar-refractivity contribution in [2.75, 3.05) is 12.3 Å². The molecule has 2 heterocycles. The van der Waals surface area contributed by atoms with Gasteiger partial charge >= 0.3 is 6.09 Å². The predicted molar refractivity (Wildman–Crippen MR) is 107 cm³/mol. The van der Waals surface area contributed by atoms with Crippen LogP contribution >= 0.6 is 0 Å². The van der Waals surface area contributed by atoms with E-state index in [-0.39, 0.29) is 17.7 Å². The van der Waals surface area contributed by atoms with E-state index in [0.717, 1.165) is 37.1 Å². The minimum absolute atomic E-state index is 0.0301. The maximum Gasteiger partial charge on any atom is 0.410 e. The smallest absolute Gasteiger partial charge is 0.410 e. The van der Waals surface area contributed by atoms with Gasteiger partial charge in [-0.1, -0.05) is 18.2 Å². The molecule has 1 aliphatic heterocycles. The molecular weight excluding hydrogens is 356 g/mol. The summed E-state index contributed by atoms with van der Waals surface area (Å²) in [6, 6.07) is 9.76.